The summed E-state index contributed by atoms with van der Waals surface area (Å²) in [6.45, 7) is 1.36. The molecule has 1 heterocycles. The van der Waals surface area contributed by atoms with Crippen molar-refractivity contribution < 1.29 is 27.7 Å². The van der Waals surface area contributed by atoms with Gasteiger partial charge in [-0.15, -0.1) is 0 Å². The number of amides is 1. The van der Waals surface area contributed by atoms with Gasteiger partial charge in [-0.05, 0) is 19.4 Å². The summed E-state index contributed by atoms with van der Waals surface area (Å²) < 4.78 is 28.0. The van der Waals surface area contributed by atoms with E-state index in [9.17, 15) is 28.1 Å². The number of non-ortho nitro benzene ring substituents is 1. The molecule has 1 saturated heterocycles. The van der Waals surface area contributed by atoms with Crippen LogP contribution in [0.4, 0.5) is 5.69 Å². The summed E-state index contributed by atoms with van der Waals surface area (Å²) in [5, 5.41) is 10.7. The maximum atomic E-state index is 12.3. The molecular weight excluding hydrogens is 388 g/mol. The number of carbonyl (C=O) groups excluding carboxylic acids is 2. The minimum Gasteiger partial charge on any atom is -0.452 e. The number of likely N-dealkylation sites (N-methyl/N-ethyl adjacent to an activating group) is 1. The zero-order chi connectivity index (χ0) is 19.5. The molecule has 26 heavy (non-hydrogen) atoms. The topological polar surface area (TPSA) is 124 Å². The summed E-state index contributed by atoms with van der Waals surface area (Å²) in [5.41, 5.74) is -0.556. The van der Waals surface area contributed by atoms with E-state index in [4.69, 9.17) is 16.3 Å². The lowest BCUT2D eigenvalue weighted by Crippen LogP contribution is -2.43. The van der Waals surface area contributed by atoms with E-state index >= 15 is 0 Å². The molecule has 2 rings (SSSR count). The highest BCUT2D eigenvalue weighted by Crippen LogP contribution is 2.23. The Labute approximate surface area is 154 Å². The summed E-state index contributed by atoms with van der Waals surface area (Å²) in [6.07, 6.45) is 0.340. The Morgan fingerprint density at radius 2 is 2.12 bits per heavy atom. The Bertz CT molecular complexity index is 840. The van der Waals surface area contributed by atoms with E-state index in [-0.39, 0.29) is 34.3 Å². The second-order valence-corrected chi connectivity index (χ2v) is 8.37. The highest BCUT2D eigenvalue weighted by Gasteiger charge is 2.34. The van der Waals surface area contributed by atoms with Crippen LogP contribution in [0.1, 0.15) is 23.7 Å². The average molecular weight is 405 g/mol. The van der Waals surface area contributed by atoms with Gasteiger partial charge in [0.2, 0.25) is 0 Å². The van der Waals surface area contributed by atoms with Gasteiger partial charge in [0.1, 0.15) is 0 Å². The van der Waals surface area contributed by atoms with Gasteiger partial charge >= 0.3 is 5.97 Å². The lowest BCUT2D eigenvalue weighted by Gasteiger charge is -2.26. The molecule has 1 aromatic carbocycles. The number of hydrogen-bond acceptors (Lipinski definition) is 7. The summed E-state index contributed by atoms with van der Waals surface area (Å²) in [5.74, 6) is -1.60. The largest absolute Gasteiger partial charge is 0.452 e. The standard InChI is InChI=1S/C15H17ClN2O7S/c1-2-17(11-5-6-26(23,24)9-11)14(19)8-25-15(20)12-7-10(18(21)22)3-4-13(12)16/h3-4,7,11H,2,5-6,8-9H2,1H3/t11-/m1/s1. The number of esters is 1. The maximum absolute atomic E-state index is 12.3. The molecule has 142 valence electrons. The zero-order valence-electron chi connectivity index (χ0n) is 13.9. The molecule has 0 saturated carbocycles. The van der Waals surface area contributed by atoms with Crippen LogP contribution in [0.2, 0.25) is 5.02 Å². The normalized spacial score (nSPS) is 18.3. The third-order valence-electron chi connectivity index (χ3n) is 4.02. The van der Waals surface area contributed by atoms with Crippen molar-refractivity contribution in [1.82, 2.24) is 4.90 Å². The van der Waals surface area contributed by atoms with Gasteiger partial charge in [-0.3, -0.25) is 14.9 Å². The third-order valence-corrected chi connectivity index (χ3v) is 6.10. The minimum absolute atomic E-state index is 0.0184. The van der Waals surface area contributed by atoms with Crippen molar-refractivity contribution in [3.63, 3.8) is 0 Å². The van der Waals surface area contributed by atoms with E-state index in [0.717, 1.165) is 12.1 Å². The Hall–Kier alpha value is -2.20. The number of halogens is 1. The monoisotopic (exact) mass is 404 g/mol. The van der Waals surface area contributed by atoms with E-state index in [1.54, 1.807) is 6.92 Å². The molecule has 0 aromatic heterocycles. The molecule has 1 amide bonds. The molecule has 1 aliphatic rings. The molecule has 0 bridgehead atoms. The molecule has 11 heteroatoms. The molecule has 0 N–H and O–H groups in total. The van der Waals surface area contributed by atoms with Crippen LogP contribution >= 0.6 is 11.6 Å². The molecule has 0 radical (unpaired) electrons. The number of benzene rings is 1. The first-order chi connectivity index (χ1) is 12.1. The molecular formula is C15H17ClN2O7S. The molecule has 0 unspecified atom stereocenters. The van der Waals surface area contributed by atoms with Gasteiger partial charge in [0.25, 0.3) is 11.6 Å². The summed E-state index contributed by atoms with van der Waals surface area (Å²) in [6, 6.07) is 2.86. The van der Waals surface area contributed by atoms with Gasteiger partial charge in [0.05, 0.1) is 27.0 Å². The van der Waals surface area contributed by atoms with Crippen molar-refractivity contribution in [2.75, 3.05) is 24.7 Å². The van der Waals surface area contributed by atoms with Crippen LogP contribution in [0.25, 0.3) is 0 Å². The number of ether oxygens (including phenoxy) is 1. The predicted molar refractivity (Wildman–Crippen MR) is 92.8 cm³/mol. The van der Waals surface area contributed by atoms with E-state index in [0.29, 0.717) is 6.42 Å². The van der Waals surface area contributed by atoms with Crippen LogP contribution in [-0.2, 0) is 19.4 Å². The fraction of sp³-hybridized carbons (Fsp3) is 0.467. The van der Waals surface area contributed by atoms with E-state index < -0.39 is 39.3 Å². The number of nitrogens with zero attached hydrogens (tertiary/aromatic N) is 2. The lowest BCUT2D eigenvalue weighted by molar-refractivity contribution is -0.384. The molecule has 1 atom stereocenters. The summed E-state index contributed by atoms with van der Waals surface area (Å²) >= 11 is 5.85. The van der Waals surface area contributed by atoms with Crippen LogP contribution in [0.5, 0.6) is 0 Å². The van der Waals surface area contributed by atoms with Gasteiger partial charge < -0.3 is 9.64 Å². The highest BCUT2D eigenvalue weighted by atomic mass is 35.5. The van der Waals surface area contributed by atoms with Crippen molar-refractivity contribution in [3.8, 4) is 0 Å². The molecule has 1 aliphatic heterocycles. The first-order valence-corrected chi connectivity index (χ1v) is 9.95. The molecule has 1 fully saturated rings. The van der Waals surface area contributed by atoms with Crippen molar-refractivity contribution in [2.45, 2.75) is 19.4 Å². The van der Waals surface area contributed by atoms with Crippen LogP contribution < -0.4 is 0 Å². The van der Waals surface area contributed by atoms with Gasteiger partial charge in [0, 0.05) is 24.7 Å². The number of sulfone groups is 1. The molecule has 0 aliphatic carbocycles. The van der Waals surface area contributed by atoms with Crippen molar-refractivity contribution in [3.05, 3.63) is 38.9 Å². The average Bonchev–Trinajstić information content (AvgIpc) is 2.93. The van der Waals surface area contributed by atoms with Crippen LogP contribution in [0, 0.1) is 10.1 Å². The second-order valence-electron chi connectivity index (χ2n) is 5.73. The number of carbonyl (C=O) groups is 2. The number of nitro groups is 1. The SMILES string of the molecule is CCN(C(=O)COC(=O)c1cc([N+](=O)[O-])ccc1Cl)[C@@H]1CCS(=O)(=O)C1. The number of nitro benzene ring substituents is 1. The second kappa shape index (κ2) is 8.00. The van der Waals surface area contributed by atoms with Gasteiger partial charge in [-0.1, -0.05) is 11.6 Å². The van der Waals surface area contributed by atoms with Crippen molar-refractivity contribution in [1.29, 1.82) is 0 Å². The van der Waals surface area contributed by atoms with Crippen LogP contribution in [0.15, 0.2) is 18.2 Å². The van der Waals surface area contributed by atoms with E-state index in [2.05, 4.69) is 0 Å². The number of hydrogen-bond donors (Lipinski definition) is 0. The van der Waals surface area contributed by atoms with Crippen molar-refractivity contribution >= 4 is 39.0 Å². The third kappa shape index (κ3) is 4.70. The summed E-state index contributed by atoms with van der Waals surface area (Å²) in [7, 11) is -3.16. The molecule has 1 aromatic rings. The van der Waals surface area contributed by atoms with Crippen LogP contribution in [-0.4, -0.2) is 60.8 Å². The van der Waals surface area contributed by atoms with Gasteiger partial charge in [-0.2, -0.15) is 0 Å². The highest BCUT2D eigenvalue weighted by molar-refractivity contribution is 7.91. The smallest absolute Gasteiger partial charge is 0.340 e. The van der Waals surface area contributed by atoms with Gasteiger partial charge in [0.15, 0.2) is 16.4 Å². The first-order valence-electron chi connectivity index (χ1n) is 7.75. The first kappa shape index (κ1) is 20.1. The Morgan fingerprint density at radius 3 is 2.65 bits per heavy atom. The Kier molecular flexibility index (Phi) is 6.19. The zero-order valence-corrected chi connectivity index (χ0v) is 15.5. The van der Waals surface area contributed by atoms with Crippen molar-refractivity contribution in [2.24, 2.45) is 0 Å². The minimum atomic E-state index is -3.16. The van der Waals surface area contributed by atoms with E-state index in [1.807, 2.05) is 0 Å². The maximum Gasteiger partial charge on any atom is 0.340 e. The lowest BCUT2D eigenvalue weighted by atomic mass is 10.2. The predicted octanol–water partition coefficient (Wildman–Crippen LogP) is 1.44. The Morgan fingerprint density at radius 1 is 1.42 bits per heavy atom. The quantitative estimate of drug-likeness (QED) is 0.399. The summed E-state index contributed by atoms with van der Waals surface area (Å²) in [4.78, 5) is 35.8. The fourth-order valence-corrected chi connectivity index (χ4v) is 4.66. The number of rotatable bonds is 6. The van der Waals surface area contributed by atoms with Crippen LogP contribution in [0.3, 0.4) is 0 Å². The Balaban J connectivity index is 2.03. The fourth-order valence-electron chi connectivity index (χ4n) is 2.73. The van der Waals surface area contributed by atoms with Gasteiger partial charge in [-0.25, -0.2) is 13.2 Å². The molecule has 9 nitrogen and oxygen atoms in total. The molecule has 0 spiro atoms. The van der Waals surface area contributed by atoms with E-state index in [1.165, 1.54) is 11.0 Å².